The number of halogens is 2. The van der Waals surface area contributed by atoms with Crippen molar-refractivity contribution < 1.29 is 4.74 Å². The summed E-state index contributed by atoms with van der Waals surface area (Å²) in [6.07, 6.45) is 5.14. The van der Waals surface area contributed by atoms with Gasteiger partial charge in [-0.3, -0.25) is 4.98 Å². The van der Waals surface area contributed by atoms with Crippen LogP contribution in [0.1, 0.15) is 12.8 Å². The van der Waals surface area contributed by atoms with Gasteiger partial charge in [0.15, 0.2) is 4.46 Å². The molecular weight excluding hydrogens is 247 g/mol. The molecule has 1 fully saturated rings. The Morgan fingerprint density at radius 2 is 2.12 bits per heavy atom. The molecule has 1 unspecified atom stereocenters. The van der Waals surface area contributed by atoms with E-state index in [1.807, 2.05) is 17.0 Å². The van der Waals surface area contributed by atoms with Crippen LogP contribution in [0.3, 0.4) is 0 Å². The summed E-state index contributed by atoms with van der Waals surface area (Å²) in [5, 5.41) is 0. The lowest BCUT2D eigenvalue weighted by Crippen LogP contribution is -2.48. The van der Waals surface area contributed by atoms with Crippen molar-refractivity contribution in [3.8, 4) is 0 Å². The van der Waals surface area contributed by atoms with Gasteiger partial charge in [-0.2, -0.15) is 0 Å². The zero-order chi connectivity index (χ0) is 11.6. The van der Waals surface area contributed by atoms with Gasteiger partial charge >= 0.3 is 0 Å². The van der Waals surface area contributed by atoms with Crippen molar-refractivity contribution in [1.29, 1.82) is 0 Å². The number of pyridine rings is 1. The summed E-state index contributed by atoms with van der Waals surface area (Å²) in [4.78, 5) is 5.96. The number of anilines is 1. The lowest BCUT2D eigenvalue weighted by atomic mass is 10.1. The van der Waals surface area contributed by atoms with Crippen molar-refractivity contribution in [2.75, 3.05) is 18.6 Å². The molecule has 0 spiro atoms. The minimum absolute atomic E-state index is 0.132. The predicted molar refractivity (Wildman–Crippen MR) is 66.1 cm³/mol. The topological polar surface area (TPSA) is 25.4 Å². The normalized spacial score (nSPS) is 24.4. The third kappa shape index (κ3) is 2.42. The number of nitrogens with zero attached hydrogens (tertiary/aromatic N) is 2. The molecule has 0 bridgehead atoms. The van der Waals surface area contributed by atoms with E-state index in [-0.39, 0.29) is 6.10 Å². The number of alkyl halides is 2. The third-order valence-electron chi connectivity index (χ3n) is 2.85. The number of methoxy groups -OCH3 is 1. The van der Waals surface area contributed by atoms with E-state index in [2.05, 4.69) is 4.98 Å². The summed E-state index contributed by atoms with van der Waals surface area (Å²) in [5.41, 5.74) is 0.995. The zero-order valence-corrected chi connectivity index (χ0v) is 10.6. The number of hydrogen-bond donors (Lipinski definition) is 0. The molecule has 0 radical (unpaired) electrons. The second kappa shape index (κ2) is 4.78. The Hall–Kier alpha value is -0.510. The van der Waals surface area contributed by atoms with Gasteiger partial charge in [0.1, 0.15) is 0 Å². The Bertz CT molecular complexity index is 345. The molecule has 1 aliphatic rings. The first kappa shape index (κ1) is 12.0. The lowest BCUT2D eigenvalue weighted by Gasteiger charge is -2.42. The molecule has 1 atom stereocenters. The highest BCUT2D eigenvalue weighted by molar-refractivity contribution is 6.49. The van der Waals surface area contributed by atoms with Crippen LogP contribution in [-0.2, 0) is 4.74 Å². The molecule has 16 heavy (non-hydrogen) atoms. The fourth-order valence-corrected chi connectivity index (χ4v) is 2.67. The Morgan fingerprint density at radius 1 is 1.44 bits per heavy atom. The minimum atomic E-state index is -0.902. The maximum atomic E-state index is 6.34. The van der Waals surface area contributed by atoms with Gasteiger partial charge < -0.3 is 9.64 Å². The molecule has 1 aromatic heterocycles. The van der Waals surface area contributed by atoms with E-state index in [1.165, 1.54) is 0 Å². The minimum Gasteiger partial charge on any atom is -0.381 e. The van der Waals surface area contributed by atoms with Gasteiger partial charge in [0.05, 0.1) is 6.10 Å². The van der Waals surface area contributed by atoms with Crippen molar-refractivity contribution in [3.63, 3.8) is 0 Å². The first-order valence-corrected chi connectivity index (χ1v) is 5.97. The molecule has 0 aliphatic carbocycles. The van der Waals surface area contributed by atoms with Crippen LogP contribution in [0, 0.1) is 0 Å². The summed E-state index contributed by atoms with van der Waals surface area (Å²) in [6.45, 7) is 0.787. The van der Waals surface area contributed by atoms with Gasteiger partial charge in [-0.25, -0.2) is 0 Å². The monoisotopic (exact) mass is 260 g/mol. The van der Waals surface area contributed by atoms with Crippen LogP contribution in [0.5, 0.6) is 0 Å². The summed E-state index contributed by atoms with van der Waals surface area (Å²) < 4.78 is 4.40. The highest BCUT2D eigenvalue weighted by atomic mass is 35.5. The number of hydrogen-bond acceptors (Lipinski definition) is 3. The first-order chi connectivity index (χ1) is 7.63. The van der Waals surface area contributed by atoms with Gasteiger partial charge in [-0.05, 0) is 18.6 Å². The number of rotatable bonds is 2. The molecule has 2 rings (SSSR count). The number of ether oxygens (including phenoxy) is 1. The van der Waals surface area contributed by atoms with Gasteiger partial charge in [0.2, 0.25) is 0 Å². The molecule has 0 saturated carbocycles. The van der Waals surface area contributed by atoms with Gasteiger partial charge in [0, 0.05) is 38.2 Å². The maximum Gasteiger partial charge on any atom is 0.193 e. The largest absolute Gasteiger partial charge is 0.381 e. The quantitative estimate of drug-likeness (QED) is 0.604. The van der Waals surface area contributed by atoms with Crippen molar-refractivity contribution >= 4 is 28.9 Å². The van der Waals surface area contributed by atoms with Crippen LogP contribution in [0.2, 0.25) is 0 Å². The first-order valence-electron chi connectivity index (χ1n) is 5.22. The van der Waals surface area contributed by atoms with Gasteiger partial charge in [0.25, 0.3) is 0 Å². The van der Waals surface area contributed by atoms with Crippen LogP contribution in [0.15, 0.2) is 24.5 Å². The van der Waals surface area contributed by atoms with Crippen molar-refractivity contribution in [1.82, 2.24) is 4.98 Å². The average molecular weight is 261 g/mol. The maximum absolute atomic E-state index is 6.34. The standard InChI is InChI=1S/C11H14Cl2N2O/c1-16-10-4-7-15(11(12,13)8-10)9-2-5-14-6-3-9/h2-3,5-6,10H,4,7-8H2,1H3. The summed E-state index contributed by atoms with van der Waals surface area (Å²) in [6, 6.07) is 3.82. The van der Waals surface area contributed by atoms with Crippen LogP contribution in [-0.4, -0.2) is 29.2 Å². The second-order valence-corrected chi connectivity index (χ2v) is 5.32. The molecule has 1 aromatic rings. The highest BCUT2D eigenvalue weighted by Crippen LogP contribution is 2.39. The highest BCUT2D eigenvalue weighted by Gasteiger charge is 2.39. The Balaban J connectivity index is 2.18. The molecule has 88 valence electrons. The van der Waals surface area contributed by atoms with Crippen LogP contribution in [0.4, 0.5) is 5.69 Å². The SMILES string of the molecule is COC1CCN(c2ccncc2)C(Cl)(Cl)C1. The second-order valence-electron chi connectivity index (χ2n) is 3.87. The zero-order valence-electron chi connectivity index (χ0n) is 9.07. The predicted octanol–water partition coefficient (Wildman–Crippen LogP) is 2.83. The van der Waals surface area contributed by atoms with E-state index in [0.29, 0.717) is 6.42 Å². The molecule has 5 heteroatoms. The molecular formula is C11H14Cl2N2O. The van der Waals surface area contributed by atoms with E-state index in [9.17, 15) is 0 Å². The van der Waals surface area contributed by atoms with Crippen molar-refractivity contribution in [3.05, 3.63) is 24.5 Å². The molecule has 0 amide bonds. The number of aromatic nitrogens is 1. The summed E-state index contributed by atoms with van der Waals surface area (Å²) >= 11 is 12.7. The van der Waals surface area contributed by atoms with Crippen LogP contribution < -0.4 is 4.90 Å². The van der Waals surface area contributed by atoms with Crippen LogP contribution >= 0.6 is 23.2 Å². The van der Waals surface area contributed by atoms with Gasteiger partial charge in [-0.15, -0.1) is 0 Å². The number of piperidine rings is 1. The lowest BCUT2D eigenvalue weighted by molar-refractivity contribution is 0.0739. The average Bonchev–Trinajstić information content (AvgIpc) is 2.28. The van der Waals surface area contributed by atoms with E-state index in [4.69, 9.17) is 27.9 Å². The van der Waals surface area contributed by atoms with E-state index >= 15 is 0 Å². The Morgan fingerprint density at radius 3 is 2.69 bits per heavy atom. The molecule has 2 heterocycles. The Kier molecular flexibility index (Phi) is 3.57. The molecule has 0 N–H and O–H groups in total. The molecule has 0 aromatic carbocycles. The van der Waals surface area contributed by atoms with Gasteiger partial charge in [-0.1, -0.05) is 23.2 Å². The van der Waals surface area contributed by atoms with E-state index in [0.717, 1.165) is 18.7 Å². The smallest absolute Gasteiger partial charge is 0.193 e. The van der Waals surface area contributed by atoms with Crippen LogP contribution in [0.25, 0.3) is 0 Å². The summed E-state index contributed by atoms with van der Waals surface area (Å²) in [5.74, 6) is 0. The molecule has 3 nitrogen and oxygen atoms in total. The fraction of sp³-hybridized carbons (Fsp3) is 0.545. The van der Waals surface area contributed by atoms with Crippen molar-refractivity contribution in [2.45, 2.75) is 23.4 Å². The molecule has 1 saturated heterocycles. The molecule has 1 aliphatic heterocycles. The Labute approximate surface area is 105 Å². The van der Waals surface area contributed by atoms with Crippen molar-refractivity contribution in [2.24, 2.45) is 0 Å². The third-order valence-corrected chi connectivity index (χ3v) is 3.57. The van der Waals surface area contributed by atoms with E-state index in [1.54, 1.807) is 19.5 Å². The summed E-state index contributed by atoms with van der Waals surface area (Å²) in [7, 11) is 1.69. The van der Waals surface area contributed by atoms with E-state index < -0.39 is 4.46 Å². The fourth-order valence-electron chi connectivity index (χ4n) is 1.97.